The molecule has 1 aliphatic rings. The number of nitrogens with zero attached hydrogens (tertiary/aromatic N) is 3. The molecule has 2 aromatic carbocycles. The van der Waals surface area contributed by atoms with Crippen molar-refractivity contribution in [3.63, 3.8) is 0 Å². The first-order valence-corrected chi connectivity index (χ1v) is 11.1. The van der Waals surface area contributed by atoms with Gasteiger partial charge in [-0.3, -0.25) is 0 Å². The number of fused-ring (bicyclic) bond motifs is 1. The Labute approximate surface area is 180 Å². The van der Waals surface area contributed by atoms with Crippen LogP contribution in [0.15, 0.2) is 60.7 Å². The molecule has 30 heavy (non-hydrogen) atoms. The van der Waals surface area contributed by atoms with Crippen LogP contribution in [0.5, 0.6) is 0 Å². The summed E-state index contributed by atoms with van der Waals surface area (Å²) in [4.78, 5) is 12.6. The van der Waals surface area contributed by atoms with Gasteiger partial charge in [-0.2, -0.15) is 0 Å². The molecule has 0 N–H and O–H groups in total. The largest absolute Gasteiger partial charge is 0.309 e. The molecule has 2 aromatic heterocycles. The summed E-state index contributed by atoms with van der Waals surface area (Å²) in [6.07, 6.45) is 3.06. The lowest BCUT2D eigenvalue weighted by Crippen LogP contribution is -2.15. The molecule has 1 fully saturated rings. The lowest BCUT2D eigenvalue weighted by atomic mass is 9.92. The molecule has 0 saturated heterocycles. The maximum Gasteiger partial charge on any atom is 0.144 e. The average Bonchev–Trinajstić information content (AvgIpc) is 3.46. The Morgan fingerprint density at radius 3 is 2.50 bits per heavy atom. The summed E-state index contributed by atoms with van der Waals surface area (Å²) >= 11 is 1.47. The van der Waals surface area contributed by atoms with E-state index in [1.807, 2.05) is 38.4 Å². The molecule has 0 unspecified atom stereocenters. The minimum absolute atomic E-state index is 0.0267. The third-order valence-electron chi connectivity index (χ3n) is 5.93. The Kier molecular flexibility index (Phi) is 4.88. The van der Waals surface area contributed by atoms with E-state index < -0.39 is 0 Å². The lowest BCUT2D eigenvalue weighted by molar-refractivity contribution is 0.413. The Hall–Kier alpha value is -2.63. The first-order valence-electron chi connectivity index (χ1n) is 10.3. The summed E-state index contributed by atoms with van der Waals surface area (Å²) in [5, 5.41) is 0.691. The van der Waals surface area contributed by atoms with Crippen molar-refractivity contribution in [1.29, 1.82) is 0 Å². The fraction of sp³-hybridized carbons (Fsp3) is 0.280. The predicted molar refractivity (Wildman–Crippen MR) is 122 cm³/mol. The summed E-state index contributed by atoms with van der Waals surface area (Å²) in [7, 11) is 4.05. The van der Waals surface area contributed by atoms with Gasteiger partial charge in [0.15, 0.2) is 0 Å². The highest BCUT2D eigenvalue weighted by Gasteiger charge is 2.47. The second-order valence-electron chi connectivity index (χ2n) is 8.36. The zero-order chi connectivity index (χ0) is 20.7. The van der Waals surface area contributed by atoms with E-state index in [1.54, 1.807) is 6.07 Å². The van der Waals surface area contributed by atoms with E-state index >= 15 is 0 Å². The average molecular weight is 418 g/mol. The van der Waals surface area contributed by atoms with Crippen LogP contribution in [0.1, 0.15) is 29.7 Å². The van der Waals surface area contributed by atoms with Gasteiger partial charge in [0, 0.05) is 17.5 Å². The van der Waals surface area contributed by atoms with Crippen molar-refractivity contribution in [2.45, 2.75) is 24.7 Å². The summed E-state index contributed by atoms with van der Waals surface area (Å²) in [6.45, 7) is 0.899. The van der Waals surface area contributed by atoms with Gasteiger partial charge in [-0.1, -0.05) is 47.7 Å². The molecule has 0 atom stereocenters. The Morgan fingerprint density at radius 1 is 1.00 bits per heavy atom. The number of hydrogen-bond acceptors (Lipinski definition) is 4. The van der Waals surface area contributed by atoms with Crippen LogP contribution in [0.2, 0.25) is 0 Å². The molecule has 0 spiro atoms. The maximum absolute atomic E-state index is 14.8. The van der Waals surface area contributed by atoms with Crippen LogP contribution >= 0.6 is 11.3 Å². The molecule has 1 saturated carbocycles. The number of aromatic nitrogens is 2. The van der Waals surface area contributed by atoms with E-state index in [0.29, 0.717) is 10.6 Å². The van der Waals surface area contributed by atoms with E-state index in [-0.39, 0.29) is 11.2 Å². The number of hydrogen-bond donors (Lipinski definition) is 0. The monoisotopic (exact) mass is 417 g/mol. The van der Waals surface area contributed by atoms with Gasteiger partial charge in [-0.25, -0.2) is 14.4 Å². The van der Waals surface area contributed by atoms with Crippen molar-refractivity contribution in [3.05, 3.63) is 83.3 Å². The Morgan fingerprint density at radius 2 is 1.80 bits per heavy atom. The number of rotatable bonds is 6. The lowest BCUT2D eigenvalue weighted by Gasteiger charge is -2.14. The first-order chi connectivity index (χ1) is 14.5. The van der Waals surface area contributed by atoms with Gasteiger partial charge >= 0.3 is 0 Å². The zero-order valence-electron chi connectivity index (χ0n) is 17.2. The normalized spacial score (nSPS) is 15.1. The van der Waals surface area contributed by atoms with Crippen LogP contribution in [-0.4, -0.2) is 35.5 Å². The highest BCUT2D eigenvalue weighted by molar-refractivity contribution is 7.21. The fourth-order valence-corrected chi connectivity index (χ4v) is 4.98. The zero-order valence-corrected chi connectivity index (χ0v) is 18.0. The maximum atomic E-state index is 14.8. The van der Waals surface area contributed by atoms with Crippen molar-refractivity contribution < 1.29 is 4.39 Å². The van der Waals surface area contributed by atoms with Gasteiger partial charge in [0.1, 0.15) is 21.2 Å². The van der Waals surface area contributed by atoms with E-state index in [0.717, 1.165) is 47.4 Å². The van der Waals surface area contributed by atoms with Crippen molar-refractivity contribution in [3.8, 4) is 10.6 Å². The third-order valence-corrected chi connectivity index (χ3v) is 6.93. The number of pyridine rings is 1. The number of halogens is 1. The predicted octanol–water partition coefficient (Wildman–Crippen LogP) is 5.68. The second-order valence-corrected chi connectivity index (χ2v) is 9.33. The van der Waals surface area contributed by atoms with Gasteiger partial charge in [0.05, 0.1) is 5.69 Å². The standard InChI is InChI=1S/C25H24FN3S/c1-29(2)15-12-17-8-9-19(20(26)16-17)23-27-21-10-11-22(28-24(21)30-23)25(13-14-25)18-6-4-3-5-7-18/h3-11,16H,12-15H2,1-2H3. The quantitative estimate of drug-likeness (QED) is 0.404. The molecule has 0 aliphatic heterocycles. The molecule has 0 amide bonds. The van der Waals surface area contributed by atoms with E-state index in [1.165, 1.54) is 16.9 Å². The smallest absolute Gasteiger partial charge is 0.144 e. The van der Waals surface area contributed by atoms with Crippen LogP contribution in [0.4, 0.5) is 4.39 Å². The summed E-state index contributed by atoms with van der Waals surface area (Å²) in [5.41, 5.74) is 4.83. The van der Waals surface area contributed by atoms with Gasteiger partial charge in [-0.15, -0.1) is 0 Å². The van der Waals surface area contributed by atoms with Crippen LogP contribution in [-0.2, 0) is 11.8 Å². The van der Waals surface area contributed by atoms with Crippen molar-refractivity contribution >= 4 is 21.7 Å². The van der Waals surface area contributed by atoms with Crippen molar-refractivity contribution in [2.75, 3.05) is 20.6 Å². The second kappa shape index (κ2) is 7.56. The molecule has 5 rings (SSSR count). The van der Waals surface area contributed by atoms with Crippen LogP contribution in [0.3, 0.4) is 0 Å². The highest BCUT2D eigenvalue weighted by atomic mass is 32.1. The molecule has 0 bridgehead atoms. The number of thiazole rings is 1. The summed E-state index contributed by atoms with van der Waals surface area (Å²) < 4.78 is 14.8. The number of benzene rings is 2. The minimum Gasteiger partial charge on any atom is -0.309 e. The summed E-state index contributed by atoms with van der Waals surface area (Å²) in [5.74, 6) is -0.214. The fourth-order valence-electron chi connectivity index (χ4n) is 4.01. The summed E-state index contributed by atoms with van der Waals surface area (Å²) in [6, 6.07) is 20.2. The van der Waals surface area contributed by atoms with Gasteiger partial charge in [0.25, 0.3) is 0 Å². The van der Waals surface area contributed by atoms with Crippen molar-refractivity contribution in [2.24, 2.45) is 0 Å². The van der Waals surface area contributed by atoms with Crippen LogP contribution < -0.4 is 0 Å². The Balaban J connectivity index is 1.46. The molecule has 1 aliphatic carbocycles. The van der Waals surface area contributed by atoms with Crippen molar-refractivity contribution in [1.82, 2.24) is 14.9 Å². The van der Waals surface area contributed by atoms with E-state index in [9.17, 15) is 4.39 Å². The third kappa shape index (κ3) is 3.53. The minimum atomic E-state index is -0.214. The number of likely N-dealkylation sites (N-methyl/N-ethyl adjacent to an activating group) is 1. The highest BCUT2D eigenvalue weighted by Crippen LogP contribution is 2.53. The van der Waals surface area contributed by atoms with Gasteiger partial charge in [-0.05, 0) is 68.8 Å². The molecular formula is C25H24FN3S. The molecule has 3 nitrogen and oxygen atoms in total. The van der Waals surface area contributed by atoms with E-state index in [2.05, 4.69) is 40.2 Å². The van der Waals surface area contributed by atoms with Gasteiger partial charge in [0.2, 0.25) is 0 Å². The van der Waals surface area contributed by atoms with E-state index in [4.69, 9.17) is 4.98 Å². The SMILES string of the molecule is CN(C)CCc1ccc(-c2nc3ccc(C4(c5ccccc5)CC4)nc3s2)c(F)c1. The van der Waals surface area contributed by atoms with Crippen LogP contribution in [0.25, 0.3) is 20.9 Å². The molecule has 5 heteroatoms. The molecule has 152 valence electrons. The molecular weight excluding hydrogens is 393 g/mol. The molecule has 2 heterocycles. The Bertz CT molecular complexity index is 1200. The molecule has 0 radical (unpaired) electrons. The topological polar surface area (TPSA) is 29.0 Å². The first kappa shape index (κ1) is 19.3. The van der Waals surface area contributed by atoms with Crippen LogP contribution in [0, 0.1) is 5.82 Å². The molecule has 4 aromatic rings. The van der Waals surface area contributed by atoms with Gasteiger partial charge < -0.3 is 4.90 Å².